The highest BCUT2D eigenvalue weighted by molar-refractivity contribution is 5.85. The average Bonchev–Trinajstić information content (AvgIpc) is 2.68. The zero-order valence-corrected chi connectivity index (χ0v) is 14.4. The van der Waals surface area contributed by atoms with E-state index >= 15 is 0 Å². The van der Waals surface area contributed by atoms with Crippen molar-refractivity contribution in [3.8, 4) is 11.3 Å². The monoisotopic (exact) mass is 350 g/mol. The van der Waals surface area contributed by atoms with Gasteiger partial charge in [0, 0.05) is 24.3 Å². The predicted octanol–water partition coefficient (Wildman–Crippen LogP) is 2.65. The van der Waals surface area contributed by atoms with E-state index in [0.717, 1.165) is 17.8 Å². The summed E-state index contributed by atoms with van der Waals surface area (Å²) < 4.78 is 23.5. The van der Waals surface area contributed by atoms with Crippen LogP contribution < -0.4 is 9.13 Å². The summed E-state index contributed by atoms with van der Waals surface area (Å²) in [4.78, 5) is 12.1. The zero-order chi connectivity index (χ0) is 18.1. The fourth-order valence-corrected chi connectivity index (χ4v) is 3.67. The summed E-state index contributed by atoms with van der Waals surface area (Å²) in [5.74, 6) is -0.566. The molecule has 0 fully saturated rings. The second kappa shape index (κ2) is 6.67. The first kappa shape index (κ1) is 16.4. The van der Waals surface area contributed by atoms with Gasteiger partial charge in [-0.25, -0.2) is 9.18 Å². The van der Waals surface area contributed by atoms with Crippen LogP contribution in [-0.4, -0.2) is 13.1 Å². The number of hydrogen-bond donors (Lipinski definition) is 0. The fraction of sp³-hybridized carbons (Fsp3) is 0.190. The van der Waals surface area contributed by atoms with Gasteiger partial charge >= 0.3 is 5.97 Å². The number of carbonyl (C=O) groups is 1. The Morgan fingerprint density at radius 1 is 1.12 bits per heavy atom. The van der Waals surface area contributed by atoms with Crippen molar-refractivity contribution in [3.05, 3.63) is 84.1 Å². The molecule has 1 aliphatic heterocycles. The number of rotatable bonds is 3. The second-order valence-electron chi connectivity index (χ2n) is 6.37. The van der Waals surface area contributed by atoms with E-state index in [0.29, 0.717) is 17.8 Å². The highest BCUT2D eigenvalue weighted by atomic mass is 19.1. The lowest BCUT2D eigenvalue weighted by Gasteiger charge is -2.21. The number of carbonyl (C=O) groups excluding carboxylic acids is 1. The van der Waals surface area contributed by atoms with Crippen molar-refractivity contribution in [2.24, 2.45) is 0 Å². The van der Waals surface area contributed by atoms with E-state index in [4.69, 9.17) is 4.74 Å². The number of methoxy groups -OCH3 is 1. The van der Waals surface area contributed by atoms with Crippen molar-refractivity contribution in [3.63, 3.8) is 0 Å². The van der Waals surface area contributed by atoms with E-state index in [2.05, 4.69) is 4.57 Å². The number of fused-ring (bicyclic) bond motifs is 3. The van der Waals surface area contributed by atoms with Crippen LogP contribution in [0.2, 0.25) is 0 Å². The molecule has 0 aliphatic carbocycles. The minimum absolute atomic E-state index is 0.0383. The molecular weight excluding hydrogens is 331 g/mol. The van der Waals surface area contributed by atoms with Crippen molar-refractivity contribution < 1.29 is 23.1 Å². The summed E-state index contributed by atoms with van der Waals surface area (Å²) in [6, 6.07) is 16.4. The Hall–Kier alpha value is -3.08. The van der Waals surface area contributed by atoms with Crippen LogP contribution in [0.4, 0.5) is 4.39 Å². The lowest BCUT2D eigenvalue weighted by molar-refractivity contribution is -0.729. The largest absolute Gasteiger partial charge is 0.461 e. The highest BCUT2D eigenvalue weighted by Crippen LogP contribution is 2.34. The van der Waals surface area contributed by atoms with E-state index < -0.39 is 0 Å². The molecule has 1 aromatic carbocycles. The maximum Gasteiger partial charge on any atom is 0.403 e. The maximum atomic E-state index is 14.6. The number of hydrogen-bond acceptors (Lipinski definition) is 2. The average molecular weight is 350 g/mol. The lowest BCUT2D eigenvalue weighted by atomic mass is 9.88. The Balaban J connectivity index is 1.79. The van der Waals surface area contributed by atoms with Gasteiger partial charge in [0.25, 0.3) is 5.69 Å². The van der Waals surface area contributed by atoms with E-state index in [-0.39, 0.29) is 17.7 Å². The van der Waals surface area contributed by atoms with E-state index in [1.807, 2.05) is 47.3 Å². The van der Waals surface area contributed by atoms with Crippen LogP contribution in [0.3, 0.4) is 0 Å². The summed E-state index contributed by atoms with van der Waals surface area (Å²) in [5, 5.41) is 0. The molecule has 1 aliphatic rings. The standard InChI is InChI=1S/C21H19FN2O2/c1-26-21(25)19-10-3-5-12-24(19)14-15-13-23-11-4-2-9-18(23)20-16(15)7-6-8-17(20)22/h2-12,15H,13-14H2,1H3/q+2. The maximum absolute atomic E-state index is 14.6. The third kappa shape index (κ3) is 2.75. The number of halogens is 1. The molecule has 0 amide bonds. The van der Waals surface area contributed by atoms with Crippen molar-refractivity contribution in [1.29, 1.82) is 0 Å². The summed E-state index contributed by atoms with van der Waals surface area (Å²) >= 11 is 0. The molecule has 0 bridgehead atoms. The normalized spacial score (nSPS) is 15.1. The van der Waals surface area contributed by atoms with Gasteiger partial charge in [-0.05, 0) is 23.8 Å². The van der Waals surface area contributed by atoms with Gasteiger partial charge in [0.2, 0.25) is 5.69 Å². The molecule has 0 radical (unpaired) electrons. The van der Waals surface area contributed by atoms with Crippen LogP contribution in [0, 0.1) is 5.82 Å². The smallest absolute Gasteiger partial charge is 0.403 e. The van der Waals surface area contributed by atoms with Gasteiger partial charge in [-0.2, -0.15) is 9.13 Å². The van der Waals surface area contributed by atoms with Gasteiger partial charge in [-0.1, -0.05) is 12.1 Å². The first-order valence-corrected chi connectivity index (χ1v) is 8.53. The Labute approximate surface area is 151 Å². The SMILES string of the molecule is COC(=O)c1cccc[n+]1CC1C[n+]2ccccc2-c2c(F)cccc21. The van der Waals surface area contributed by atoms with Crippen LogP contribution in [0.15, 0.2) is 67.0 Å². The molecule has 1 unspecified atom stereocenters. The Morgan fingerprint density at radius 3 is 2.77 bits per heavy atom. The van der Waals surface area contributed by atoms with Crippen LogP contribution in [0.1, 0.15) is 22.0 Å². The Bertz CT molecular complexity index is 987. The minimum Gasteiger partial charge on any atom is -0.461 e. The number of esters is 1. The van der Waals surface area contributed by atoms with Crippen LogP contribution >= 0.6 is 0 Å². The first-order chi connectivity index (χ1) is 12.7. The zero-order valence-electron chi connectivity index (χ0n) is 14.4. The molecule has 130 valence electrons. The molecule has 0 N–H and O–H groups in total. The minimum atomic E-state index is -0.381. The van der Waals surface area contributed by atoms with Crippen LogP contribution in [-0.2, 0) is 17.8 Å². The molecule has 26 heavy (non-hydrogen) atoms. The molecular formula is C21H19FN2O2+2. The number of aromatic nitrogens is 2. The molecule has 0 saturated heterocycles. The molecule has 2 aromatic heterocycles. The molecule has 4 nitrogen and oxygen atoms in total. The third-order valence-electron chi connectivity index (χ3n) is 4.85. The van der Waals surface area contributed by atoms with Gasteiger partial charge in [0.1, 0.15) is 11.7 Å². The van der Waals surface area contributed by atoms with Crippen molar-refractivity contribution in [1.82, 2.24) is 0 Å². The lowest BCUT2D eigenvalue weighted by Crippen LogP contribution is -2.49. The number of benzene rings is 1. The molecule has 5 heteroatoms. The highest BCUT2D eigenvalue weighted by Gasteiger charge is 2.35. The van der Waals surface area contributed by atoms with E-state index in [1.54, 1.807) is 18.2 Å². The quantitative estimate of drug-likeness (QED) is 0.538. The topological polar surface area (TPSA) is 34.1 Å². The molecule has 4 rings (SSSR count). The van der Waals surface area contributed by atoms with Crippen molar-refractivity contribution in [2.45, 2.75) is 19.0 Å². The van der Waals surface area contributed by atoms with Crippen molar-refractivity contribution >= 4 is 5.97 Å². The predicted molar refractivity (Wildman–Crippen MR) is 92.7 cm³/mol. The fourth-order valence-electron chi connectivity index (χ4n) is 3.67. The molecule has 0 saturated carbocycles. The Kier molecular flexibility index (Phi) is 4.21. The van der Waals surface area contributed by atoms with E-state index in [1.165, 1.54) is 13.2 Å². The summed E-state index contributed by atoms with van der Waals surface area (Å²) in [5.41, 5.74) is 2.96. The third-order valence-corrected chi connectivity index (χ3v) is 4.85. The molecule has 1 atom stereocenters. The van der Waals surface area contributed by atoms with Gasteiger partial charge in [0.15, 0.2) is 25.5 Å². The summed E-state index contributed by atoms with van der Waals surface area (Å²) in [7, 11) is 1.37. The van der Waals surface area contributed by atoms with Gasteiger partial charge in [-0.3, -0.25) is 0 Å². The Morgan fingerprint density at radius 2 is 1.92 bits per heavy atom. The number of pyridine rings is 2. The van der Waals surface area contributed by atoms with Crippen LogP contribution in [0.25, 0.3) is 11.3 Å². The van der Waals surface area contributed by atoms with Crippen LogP contribution in [0.5, 0.6) is 0 Å². The summed E-state index contributed by atoms with van der Waals surface area (Å²) in [6.45, 7) is 1.28. The number of ether oxygens (including phenoxy) is 1. The van der Waals surface area contributed by atoms with E-state index in [9.17, 15) is 9.18 Å². The van der Waals surface area contributed by atoms with Gasteiger partial charge in [0.05, 0.1) is 12.7 Å². The summed E-state index contributed by atoms with van der Waals surface area (Å²) in [6.07, 6.45) is 3.82. The second-order valence-corrected chi connectivity index (χ2v) is 6.37. The van der Waals surface area contributed by atoms with Gasteiger partial charge < -0.3 is 4.74 Å². The molecule has 3 heterocycles. The molecule has 0 spiro atoms. The molecule has 3 aromatic rings. The first-order valence-electron chi connectivity index (χ1n) is 8.53. The van der Waals surface area contributed by atoms with Crippen molar-refractivity contribution in [2.75, 3.05) is 7.11 Å². The number of nitrogens with zero attached hydrogens (tertiary/aromatic N) is 2. The van der Waals surface area contributed by atoms with Gasteiger partial charge in [-0.15, -0.1) is 0 Å².